The summed E-state index contributed by atoms with van der Waals surface area (Å²) in [5.74, 6) is 1.98. The lowest BCUT2D eigenvalue weighted by Crippen LogP contribution is -2.04. The van der Waals surface area contributed by atoms with Gasteiger partial charge in [0.25, 0.3) is 0 Å². The van der Waals surface area contributed by atoms with Crippen LogP contribution >= 0.6 is 0 Å². The van der Waals surface area contributed by atoms with Crippen molar-refractivity contribution in [2.75, 3.05) is 0 Å². The van der Waals surface area contributed by atoms with E-state index < -0.39 is 0 Å². The third-order valence-corrected chi connectivity index (χ3v) is 2.71. The Morgan fingerprint density at radius 2 is 1.90 bits per heavy atom. The summed E-state index contributed by atoms with van der Waals surface area (Å²) in [6, 6.07) is 0. The Kier molecular flexibility index (Phi) is 5.50. The largest absolute Gasteiger partial charge is 0.187 e. The van der Waals surface area contributed by atoms with E-state index in [1.165, 1.54) is 32.1 Å². The maximum atomic E-state index is 3.97. The molecule has 0 saturated heterocycles. The number of hydrogen-bond donors (Lipinski definition) is 0. The molecule has 0 aliphatic heterocycles. The van der Waals surface area contributed by atoms with E-state index in [1.807, 2.05) is 0 Å². The number of hydrogen-bond acceptors (Lipinski definition) is 0. The first kappa shape index (κ1) is 10.5. The molecular formula is C9H20Al. The summed E-state index contributed by atoms with van der Waals surface area (Å²) in [4.78, 5) is 0. The predicted octanol–water partition coefficient (Wildman–Crippen LogP) is 1.85. The van der Waals surface area contributed by atoms with E-state index in [-0.39, 0.29) is 17.4 Å². The van der Waals surface area contributed by atoms with Crippen molar-refractivity contribution in [2.24, 2.45) is 11.8 Å². The van der Waals surface area contributed by atoms with Crippen molar-refractivity contribution in [1.82, 2.24) is 0 Å². The van der Waals surface area contributed by atoms with E-state index in [0.717, 1.165) is 11.8 Å². The zero-order valence-corrected chi connectivity index (χ0v) is 6.40. The van der Waals surface area contributed by atoms with E-state index in [0.29, 0.717) is 0 Å². The van der Waals surface area contributed by atoms with E-state index in [4.69, 9.17) is 0 Å². The van der Waals surface area contributed by atoms with Crippen molar-refractivity contribution in [3.8, 4) is 0 Å². The van der Waals surface area contributed by atoms with Gasteiger partial charge < -0.3 is 0 Å². The van der Waals surface area contributed by atoms with Crippen LogP contribution in [0.3, 0.4) is 0 Å². The second-order valence-corrected chi connectivity index (χ2v) is 3.15. The van der Waals surface area contributed by atoms with Gasteiger partial charge in [0.05, 0.1) is 0 Å². The van der Waals surface area contributed by atoms with E-state index in [9.17, 15) is 0 Å². The van der Waals surface area contributed by atoms with Crippen molar-refractivity contribution in [2.45, 2.75) is 39.0 Å². The molecular weight excluding hydrogens is 135 g/mol. The topological polar surface area (TPSA) is 0 Å². The fourth-order valence-electron chi connectivity index (χ4n) is 2.03. The molecule has 0 heterocycles. The molecule has 0 N–H and O–H groups in total. The summed E-state index contributed by atoms with van der Waals surface area (Å²) >= 11 is 0. The molecule has 0 bridgehead atoms. The van der Waals surface area contributed by atoms with Gasteiger partial charge in [-0.1, -0.05) is 46.0 Å². The molecule has 0 aromatic heterocycles. The van der Waals surface area contributed by atoms with Gasteiger partial charge in [-0.3, -0.25) is 0 Å². The molecule has 1 fully saturated rings. The smallest absolute Gasteiger partial charge is 0.0651 e. The summed E-state index contributed by atoms with van der Waals surface area (Å²) in [6.07, 6.45) is 6.91. The number of rotatable bonds is 2. The average Bonchev–Trinajstić information content (AvgIpc) is 2.33. The highest BCUT2D eigenvalue weighted by Gasteiger charge is 2.23. The van der Waals surface area contributed by atoms with Crippen LogP contribution in [0.2, 0.25) is 0 Å². The van der Waals surface area contributed by atoms with Crippen LogP contribution in [0, 0.1) is 18.8 Å². The van der Waals surface area contributed by atoms with E-state index >= 15 is 0 Å². The van der Waals surface area contributed by atoms with Crippen LogP contribution in [0.5, 0.6) is 0 Å². The van der Waals surface area contributed by atoms with E-state index in [1.54, 1.807) is 0 Å². The van der Waals surface area contributed by atoms with Gasteiger partial charge in [0, 0.05) is 0 Å². The van der Waals surface area contributed by atoms with Crippen LogP contribution in [0.4, 0.5) is 0 Å². The Balaban J connectivity index is 0.000000810. The van der Waals surface area contributed by atoms with Gasteiger partial charge >= 0.3 is 0 Å². The molecule has 1 aliphatic rings. The molecule has 1 radical (unpaired) electrons. The Bertz CT molecular complexity index is 70.8. The monoisotopic (exact) mass is 155 g/mol. The van der Waals surface area contributed by atoms with Crippen LogP contribution < -0.4 is 0 Å². The fourth-order valence-corrected chi connectivity index (χ4v) is 2.03. The van der Waals surface area contributed by atoms with Gasteiger partial charge in [-0.25, -0.2) is 0 Å². The summed E-state index contributed by atoms with van der Waals surface area (Å²) < 4.78 is 0. The summed E-state index contributed by atoms with van der Waals surface area (Å²) in [6.45, 7) is 6.27. The molecule has 2 unspecified atom stereocenters. The van der Waals surface area contributed by atoms with Crippen LogP contribution in [0.15, 0.2) is 0 Å². The summed E-state index contributed by atoms with van der Waals surface area (Å²) in [5.41, 5.74) is 0. The molecule has 1 saturated carbocycles. The van der Waals surface area contributed by atoms with Crippen molar-refractivity contribution in [3.63, 3.8) is 0 Å². The van der Waals surface area contributed by atoms with Gasteiger partial charge in [-0.2, -0.15) is 0 Å². The Hall–Kier alpha value is 0.532. The SMILES string of the molecule is [AlH3].[CH2]CC1CCCC1CC. The van der Waals surface area contributed by atoms with Gasteiger partial charge in [0.15, 0.2) is 17.4 Å². The van der Waals surface area contributed by atoms with Gasteiger partial charge in [0.2, 0.25) is 0 Å². The second kappa shape index (κ2) is 5.22. The molecule has 0 nitrogen and oxygen atoms in total. The molecule has 0 aromatic carbocycles. The molecule has 10 heavy (non-hydrogen) atoms. The highest BCUT2D eigenvalue weighted by atomic mass is 27.0. The molecule has 1 aliphatic carbocycles. The fraction of sp³-hybridized carbons (Fsp3) is 0.889. The lowest BCUT2D eigenvalue weighted by molar-refractivity contribution is 0.379. The molecule has 1 rings (SSSR count). The minimum Gasteiger partial charge on any atom is -0.0651 e. The molecule has 0 aromatic rings. The third kappa shape index (κ3) is 2.29. The summed E-state index contributed by atoms with van der Waals surface area (Å²) in [5, 5.41) is 0. The van der Waals surface area contributed by atoms with Crippen molar-refractivity contribution < 1.29 is 0 Å². The van der Waals surface area contributed by atoms with Crippen LogP contribution in [0.1, 0.15) is 39.0 Å². The first-order chi connectivity index (χ1) is 4.38. The lowest BCUT2D eigenvalue weighted by Gasteiger charge is -2.14. The Labute approximate surface area is 75.5 Å². The van der Waals surface area contributed by atoms with Crippen molar-refractivity contribution >= 4 is 17.4 Å². The molecule has 59 valence electrons. The Morgan fingerprint density at radius 3 is 2.30 bits per heavy atom. The normalized spacial score (nSPS) is 31.8. The van der Waals surface area contributed by atoms with Crippen molar-refractivity contribution in [1.29, 1.82) is 0 Å². The first-order valence-corrected chi connectivity index (χ1v) is 4.17. The predicted molar refractivity (Wildman–Crippen MR) is 51.0 cm³/mol. The van der Waals surface area contributed by atoms with Crippen LogP contribution in [0.25, 0.3) is 0 Å². The summed E-state index contributed by atoms with van der Waals surface area (Å²) in [7, 11) is 0. The highest BCUT2D eigenvalue weighted by molar-refractivity contribution is 5.75. The zero-order chi connectivity index (χ0) is 6.69. The maximum absolute atomic E-state index is 3.97. The molecule has 0 spiro atoms. The standard InChI is InChI=1S/C9H17.Al.3H/c1-3-8-6-5-7-9(8)4-2;;;;/h8-9H,1,3-7H2,2H3;;;;. The van der Waals surface area contributed by atoms with Gasteiger partial charge in [-0.05, 0) is 11.8 Å². The molecule has 0 amide bonds. The second-order valence-electron chi connectivity index (χ2n) is 3.15. The highest BCUT2D eigenvalue weighted by Crippen LogP contribution is 2.35. The quantitative estimate of drug-likeness (QED) is 0.534. The van der Waals surface area contributed by atoms with Crippen LogP contribution in [-0.4, -0.2) is 17.4 Å². The molecule has 1 heteroatoms. The zero-order valence-electron chi connectivity index (χ0n) is 6.40. The first-order valence-electron chi connectivity index (χ1n) is 4.17. The van der Waals surface area contributed by atoms with Gasteiger partial charge in [0.1, 0.15) is 0 Å². The Morgan fingerprint density at radius 1 is 1.30 bits per heavy atom. The lowest BCUT2D eigenvalue weighted by atomic mass is 9.92. The van der Waals surface area contributed by atoms with E-state index in [2.05, 4.69) is 13.8 Å². The maximum Gasteiger partial charge on any atom is 0.187 e. The average molecular weight is 155 g/mol. The van der Waals surface area contributed by atoms with Crippen molar-refractivity contribution in [3.05, 3.63) is 6.92 Å². The van der Waals surface area contributed by atoms with Crippen LogP contribution in [-0.2, 0) is 0 Å². The minimum atomic E-state index is 0. The third-order valence-electron chi connectivity index (χ3n) is 2.71. The molecule has 2 atom stereocenters. The van der Waals surface area contributed by atoms with Gasteiger partial charge in [-0.15, -0.1) is 0 Å². The minimum absolute atomic E-state index is 0.